The number of aromatic nitrogens is 5. The summed E-state index contributed by atoms with van der Waals surface area (Å²) >= 11 is 0. The van der Waals surface area contributed by atoms with Crippen LogP contribution in [0.25, 0.3) is 11.5 Å². The van der Waals surface area contributed by atoms with Crippen LogP contribution in [0.1, 0.15) is 30.0 Å². The first kappa shape index (κ1) is 17.3. The minimum Gasteiger partial charge on any atom is -0.497 e. The van der Waals surface area contributed by atoms with Crippen molar-refractivity contribution in [1.29, 1.82) is 0 Å². The number of carbonyl (C=O) groups is 1. The van der Waals surface area contributed by atoms with Crippen LogP contribution in [0.15, 0.2) is 30.3 Å². The van der Waals surface area contributed by atoms with Gasteiger partial charge in [-0.3, -0.25) is 14.0 Å². The molecule has 4 rings (SSSR count). The van der Waals surface area contributed by atoms with Crippen LogP contribution in [0.2, 0.25) is 0 Å². The lowest BCUT2D eigenvalue weighted by Crippen LogP contribution is -2.41. The van der Waals surface area contributed by atoms with Crippen LogP contribution in [0.3, 0.4) is 0 Å². The predicted octanol–water partition coefficient (Wildman–Crippen LogP) is 2.10. The second-order valence-corrected chi connectivity index (χ2v) is 6.82. The molecule has 27 heavy (non-hydrogen) atoms. The van der Waals surface area contributed by atoms with E-state index in [1.807, 2.05) is 60.7 Å². The zero-order valence-corrected chi connectivity index (χ0v) is 15.9. The van der Waals surface area contributed by atoms with Crippen LogP contribution in [-0.2, 0) is 24.9 Å². The lowest BCUT2D eigenvalue weighted by Gasteiger charge is -2.32. The van der Waals surface area contributed by atoms with Gasteiger partial charge in [0.15, 0.2) is 11.6 Å². The number of benzene rings is 1. The van der Waals surface area contributed by atoms with Gasteiger partial charge >= 0.3 is 0 Å². The van der Waals surface area contributed by atoms with E-state index in [0.717, 1.165) is 28.5 Å². The van der Waals surface area contributed by atoms with Crippen molar-refractivity contribution in [2.24, 2.45) is 7.05 Å². The van der Waals surface area contributed by atoms with E-state index >= 15 is 0 Å². The van der Waals surface area contributed by atoms with Gasteiger partial charge in [-0.2, -0.15) is 5.10 Å². The highest BCUT2D eigenvalue weighted by atomic mass is 16.5. The molecule has 8 heteroatoms. The summed E-state index contributed by atoms with van der Waals surface area (Å²) in [6.07, 6.45) is 0. The Kier molecular flexibility index (Phi) is 4.18. The highest BCUT2D eigenvalue weighted by Gasteiger charge is 2.34. The minimum atomic E-state index is -0.368. The summed E-state index contributed by atoms with van der Waals surface area (Å²) < 4.78 is 8.88. The number of hydrogen-bond donors (Lipinski definition) is 0. The predicted molar refractivity (Wildman–Crippen MR) is 98.9 cm³/mol. The maximum atomic E-state index is 13.0. The van der Waals surface area contributed by atoms with E-state index in [9.17, 15) is 4.79 Å². The topological polar surface area (TPSA) is 78.1 Å². The Balaban J connectivity index is 1.63. The number of ether oxygens (including phenoxy) is 1. The fraction of sp³-hybridized carbons (Fsp3) is 0.368. The van der Waals surface area contributed by atoms with Gasteiger partial charge in [0, 0.05) is 13.6 Å². The second-order valence-electron chi connectivity index (χ2n) is 6.82. The Morgan fingerprint density at radius 3 is 2.59 bits per heavy atom. The fourth-order valence-corrected chi connectivity index (χ4v) is 3.54. The van der Waals surface area contributed by atoms with Gasteiger partial charge in [-0.05, 0) is 37.6 Å². The van der Waals surface area contributed by atoms with Gasteiger partial charge in [0.05, 0.1) is 19.3 Å². The maximum Gasteiger partial charge on any atom is 0.246 e. The first-order valence-corrected chi connectivity index (χ1v) is 8.84. The van der Waals surface area contributed by atoms with Crippen LogP contribution in [-0.4, -0.2) is 42.5 Å². The van der Waals surface area contributed by atoms with E-state index in [1.165, 1.54) is 0 Å². The standard InChI is InChI=1S/C19H22N6O2/c1-12-9-16(23(3)22-12)18-21-20-17-11-24(19(26)13(2)25(17)18)10-14-5-7-15(27-4)8-6-14/h5-9,13H,10-11H2,1-4H3/t13-/m0/s1. The summed E-state index contributed by atoms with van der Waals surface area (Å²) in [4.78, 5) is 14.8. The average Bonchev–Trinajstić information content (AvgIpc) is 3.22. The molecule has 0 aliphatic carbocycles. The van der Waals surface area contributed by atoms with Crippen molar-refractivity contribution < 1.29 is 9.53 Å². The molecule has 1 aliphatic heterocycles. The highest BCUT2D eigenvalue weighted by molar-refractivity contribution is 5.82. The van der Waals surface area contributed by atoms with Gasteiger partial charge in [0.2, 0.25) is 5.91 Å². The van der Waals surface area contributed by atoms with Gasteiger partial charge in [0.25, 0.3) is 0 Å². The first-order chi connectivity index (χ1) is 13.0. The third-order valence-corrected chi connectivity index (χ3v) is 4.92. The molecule has 0 saturated carbocycles. The van der Waals surface area contributed by atoms with E-state index in [-0.39, 0.29) is 11.9 Å². The Labute approximate surface area is 157 Å². The Bertz CT molecular complexity index is 988. The number of aryl methyl sites for hydroxylation is 2. The molecule has 0 unspecified atom stereocenters. The first-order valence-electron chi connectivity index (χ1n) is 8.84. The van der Waals surface area contributed by atoms with Crippen LogP contribution < -0.4 is 4.74 Å². The lowest BCUT2D eigenvalue weighted by molar-refractivity contribution is -0.137. The second kappa shape index (κ2) is 6.53. The van der Waals surface area contributed by atoms with E-state index in [1.54, 1.807) is 11.8 Å². The van der Waals surface area contributed by atoms with Crippen molar-refractivity contribution in [2.45, 2.75) is 33.0 Å². The molecule has 1 aliphatic rings. The van der Waals surface area contributed by atoms with Gasteiger partial charge in [0.1, 0.15) is 17.5 Å². The summed E-state index contributed by atoms with van der Waals surface area (Å²) in [5.74, 6) is 2.31. The van der Waals surface area contributed by atoms with Gasteiger partial charge in [-0.25, -0.2) is 0 Å². The van der Waals surface area contributed by atoms with Crippen LogP contribution in [0, 0.1) is 6.92 Å². The SMILES string of the molecule is COc1ccc(CN2Cc3nnc(-c4cc(C)nn4C)n3[C@@H](C)C2=O)cc1. The third-order valence-electron chi connectivity index (χ3n) is 4.92. The highest BCUT2D eigenvalue weighted by Crippen LogP contribution is 2.29. The van der Waals surface area contributed by atoms with Crippen LogP contribution in [0.4, 0.5) is 0 Å². The quantitative estimate of drug-likeness (QED) is 0.707. The minimum absolute atomic E-state index is 0.0539. The number of amides is 1. The molecule has 1 amide bonds. The summed E-state index contributed by atoms with van der Waals surface area (Å²) in [7, 11) is 3.51. The fourth-order valence-electron chi connectivity index (χ4n) is 3.54. The molecule has 140 valence electrons. The van der Waals surface area contributed by atoms with Gasteiger partial charge < -0.3 is 9.64 Å². The molecule has 3 heterocycles. The van der Waals surface area contributed by atoms with E-state index in [4.69, 9.17) is 4.74 Å². The van der Waals surface area contributed by atoms with Gasteiger partial charge in [-0.1, -0.05) is 12.1 Å². The zero-order chi connectivity index (χ0) is 19.1. The van der Waals surface area contributed by atoms with Crippen molar-refractivity contribution in [3.63, 3.8) is 0 Å². The average molecular weight is 366 g/mol. The Morgan fingerprint density at radius 1 is 1.22 bits per heavy atom. The van der Waals surface area contributed by atoms with Crippen LogP contribution >= 0.6 is 0 Å². The lowest BCUT2D eigenvalue weighted by atomic mass is 10.1. The normalized spacial score (nSPS) is 16.5. The third kappa shape index (κ3) is 2.97. The molecule has 0 saturated heterocycles. The maximum absolute atomic E-state index is 13.0. The summed E-state index contributed by atoms with van der Waals surface area (Å²) in [5.41, 5.74) is 2.81. The molecule has 0 spiro atoms. The molecule has 8 nitrogen and oxygen atoms in total. The molecule has 0 bridgehead atoms. The van der Waals surface area contributed by atoms with Crippen molar-refractivity contribution in [3.05, 3.63) is 47.4 Å². The molecule has 2 aromatic heterocycles. The van der Waals surface area contributed by atoms with Crippen molar-refractivity contribution >= 4 is 5.91 Å². The molecule has 1 atom stereocenters. The molecule has 3 aromatic rings. The van der Waals surface area contributed by atoms with E-state index < -0.39 is 0 Å². The van der Waals surface area contributed by atoms with Crippen LogP contribution in [0.5, 0.6) is 5.75 Å². The number of fused-ring (bicyclic) bond motifs is 1. The molecular weight excluding hydrogens is 344 g/mol. The number of carbonyl (C=O) groups excluding carboxylic acids is 1. The van der Waals surface area contributed by atoms with E-state index in [0.29, 0.717) is 18.9 Å². The largest absolute Gasteiger partial charge is 0.497 e. The Morgan fingerprint density at radius 2 is 1.96 bits per heavy atom. The van der Waals surface area contributed by atoms with Gasteiger partial charge in [-0.15, -0.1) is 10.2 Å². The molecule has 0 radical (unpaired) electrons. The van der Waals surface area contributed by atoms with E-state index in [2.05, 4.69) is 15.3 Å². The monoisotopic (exact) mass is 366 g/mol. The summed E-state index contributed by atoms with van der Waals surface area (Å²) in [5, 5.41) is 13.1. The Hall–Kier alpha value is -3.16. The molecule has 1 aromatic carbocycles. The molecule has 0 fully saturated rings. The zero-order valence-electron chi connectivity index (χ0n) is 15.9. The smallest absolute Gasteiger partial charge is 0.246 e. The van der Waals surface area contributed by atoms with Crippen molar-refractivity contribution in [1.82, 2.24) is 29.4 Å². The molecule has 0 N–H and O–H groups in total. The summed E-state index contributed by atoms with van der Waals surface area (Å²) in [6, 6.07) is 9.34. The number of nitrogens with zero attached hydrogens (tertiary/aromatic N) is 6. The summed E-state index contributed by atoms with van der Waals surface area (Å²) in [6.45, 7) is 4.78. The number of methoxy groups -OCH3 is 1. The van der Waals surface area contributed by atoms with Crippen molar-refractivity contribution in [3.8, 4) is 17.3 Å². The number of hydrogen-bond acceptors (Lipinski definition) is 5. The van der Waals surface area contributed by atoms with Crippen molar-refractivity contribution in [2.75, 3.05) is 7.11 Å². The molecular formula is C19H22N6O2. The number of rotatable bonds is 4.